The van der Waals surface area contributed by atoms with Crippen molar-refractivity contribution in [3.05, 3.63) is 40.9 Å². The van der Waals surface area contributed by atoms with Gasteiger partial charge < -0.3 is 20.7 Å². The van der Waals surface area contributed by atoms with Gasteiger partial charge >= 0.3 is 6.18 Å². The Labute approximate surface area is 229 Å². The molecule has 212 valence electrons. The van der Waals surface area contributed by atoms with Gasteiger partial charge in [-0.2, -0.15) is 18.2 Å². The highest BCUT2D eigenvalue weighted by molar-refractivity contribution is 7.89. The molecule has 1 aliphatic rings. The number of hydrogen-bond donors (Lipinski definition) is 4. The van der Waals surface area contributed by atoms with E-state index in [-0.39, 0.29) is 50.4 Å². The van der Waals surface area contributed by atoms with Crippen molar-refractivity contribution < 1.29 is 26.3 Å². The third kappa shape index (κ3) is 6.57. The molecule has 15 heteroatoms. The number of ether oxygens (including phenoxy) is 1. The molecular weight excluding hydrogens is 559 g/mol. The second-order valence-electron chi connectivity index (χ2n) is 9.44. The van der Waals surface area contributed by atoms with E-state index in [1.807, 2.05) is 0 Å². The Bertz CT molecular complexity index is 1440. The first-order valence-electron chi connectivity index (χ1n) is 12.1. The molecule has 2 heterocycles. The Morgan fingerprint density at radius 3 is 2.46 bits per heavy atom. The lowest BCUT2D eigenvalue weighted by atomic mass is 9.98. The molecule has 0 atom stereocenters. The number of benzene rings is 2. The van der Waals surface area contributed by atoms with Crippen LogP contribution in [0.15, 0.2) is 35.2 Å². The quantitative estimate of drug-likeness (QED) is 0.299. The number of aromatic nitrogens is 3. The number of hydrogen-bond acceptors (Lipinski definition) is 8. The van der Waals surface area contributed by atoms with Crippen molar-refractivity contribution in [1.29, 1.82) is 0 Å². The number of nitrogens with one attached hydrogen (secondary N) is 3. The van der Waals surface area contributed by atoms with Crippen molar-refractivity contribution in [2.75, 3.05) is 31.2 Å². The Kier molecular flexibility index (Phi) is 8.30. The number of nitrogens with two attached hydrogens (primary N) is 1. The fraction of sp³-hybridized carbons (Fsp3) is 0.417. The van der Waals surface area contributed by atoms with Gasteiger partial charge in [0.1, 0.15) is 10.6 Å². The summed E-state index contributed by atoms with van der Waals surface area (Å²) in [6.07, 6.45) is -3.61. The Balaban J connectivity index is 1.71. The lowest BCUT2D eigenvalue weighted by Gasteiger charge is -2.34. The maximum atomic E-state index is 14.2. The standard InChI is InChI=1S/C24H29ClF3N7O3S/c1-13(2)35-8-6-15(7-9-35)34-39(36,37)20-10-14(4-5-19(20)38-3)21-17(24(26,27)28)11-16(12-18(21)25)30-23-31-22(29)32-33-23/h4-5,10-13,15,34H,6-9H2,1-3H3,(H4,29,30,31,32,33). The molecule has 39 heavy (non-hydrogen) atoms. The largest absolute Gasteiger partial charge is 0.495 e. The van der Waals surface area contributed by atoms with Gasteiger partial charge in [0.05, 0.1) is 17.7 Å². The van der Waals surface area contributed by atoms with Crippen LogP contribution in [0.4, 0.5) is 30.8 Å². The molecule has 3 aromatic rings. The molecule has 1 fully saturated rings. The number of H-pyrrole nitrogens is 1. The molecule has 2 aromatic carbocycles. The second-order valence-corrected chi connectivity index (χ2v) is 11.5. The van der Waals surface area contributed by atoms with Crippen LogP contribution in [0.3, 0.4) is 0 Å². The van der Waals surface area contributed by atoms with Gasteiger partial charge in [0.2, 0.25) is 21.9 Å². The molecule has 0 radical (unpaired) electrons. The summed E-state index contributed by atoms with van der Waals surface area (Å²) in [5, 5.41) is 8.47. The minimum atomic E-state index is -4.82. The first-order chi connectivity index (χ1) is 18.3. The SMILES string of the molecule is COc1ccc(-c2c(Cl)cc(Nc3n[nH]c(N)n3)cc2C(F)(F)F)cc1S(=O)(=O)NC1CCN(C(C)C)CC1. The third-order valence-electron chi connectivity index (χ3n) is 6.48. The highest BCUT2D eigenvalue weighted by atomic mass is 35.5. The van der Waals surface area contributed by atoms with Crippen LogP contribution < -0.4 is 20.5 Å². The molecular formula is C24H29ClF3N7O3S. The molecule has 0 saturated carbocycles. The predicted molar refractivity (Wildman–Crippen MR) is 143 cm³/mol. The minimum absolute atomic E-state index is 0.00368. The van der Waals surface area contributed by atoms with E-state index in [9.17, 15) is 21.6 Å². The van der Waals surface area contributed by atoms with Crippen LogP contribution in [-0.2, 0) is 16.2 Å². The van der Waals surface area contributed by atoms with Crippen molar-refractivity contribution in [2.45, 2.75) is 49.8 Å². The molecule has 0 unspecified atom stereocenters. The van der Waals surface area contributed by atoms with E-state index in [4.69, 9.17) is 22.1 Å². The van der Waals surface area contributed by atoms with Crippen LogP contribution in [0.1, 0.15) is 32.3 Å². The van der Waals surface area contributed by atoms with E-state index in [2.05, 4.69) is 44.0 Å². The smallest absolute Gasteiger partial charge is 0.417 e. The van der Waals surface area contributed by atoms with E-state index < -0.39 is 21.8 Å². The van der Waals surface area contributed by atoms with Crippen molar-refractivity contribution in [3.8, 4) is 16.9 Å². The van der Waals surface area contributed by atoms with Gasteiger partial charge in [-0.25, -0.2) is 18.2 Å². The average Bonchev–Trinajstić information content (AvgIpc) is 3.27. The van der Waals surface area contributed by atoms with Crippen LogP contribution in [0.25, 0.3) is 11.1 Å². The van der Waals surface area contributed by atoms with Gasteiger partial charge in [-0.3, -0.25) is 0 Å². The number of nitrogen functional groups attached to an aromatic ring is 1. The molecule has 1 aromatic heterocycles. The number of likely N-dealkylation sites (tertiary alicyclic amines) is 1. The van der Waals surface area contributed by atoms with E-state index in [0.717, 1.165) is 25.2 Å². The molecule has 5 N–H and O–H groups in total. The molecule has 0 aliphatic carbocycles. The first kappa shape index (κ1) is 28.9. The van der Waals surface area contributed by atoms with Crippen molar-refractivity contribution >= 4 is 39.2 Å². The van der Waals surface area contributed by atoms with E-state index in [1.165, 1.54) is 25.3 Å². The van der Waals surface area contributed by atoms with Crippen LogP contribution in [0.5, 0.6) is 5.75 Å². The molecule has 4 rings (SSSR count). The van der Waals surface area contributed by atoms with Gasteiger partial charge in [-0.15, -0.1) is 5.10 Å². The molecule has 0 amide bonds. The number of aromatic amines is 1. The lowest BCUT2D eigenvalue weighted by Crippen LogP contribution is -2.46. The van der Waals surface area contributed by atoms with Crippen LogP contribution in [0.2, 0.25) is 5.02 Å². The fourth-order valence-electron chi connectivity index (χ4n) is 4.51. The number of sulfonamides is 1. The van der Waals surface area contributed by atoms with Gasteiger partial charge in [0.15, 0.2) is 0 Å². The Morgan fingerprint density at radius 2 is 1.90 bits per heavy atom. The summed E-state index contributed by atoms with van der Waals surface area (Å²) >= 11 is 6.37. The summed E-state index contributed by atoms with van der Waals surface area (Å²) in [6, 6.07) is 5.92. The Morgan fingerprint density at radius 1 is 1.21 bits per heavy atom. The Hall–Kier alpha value is -3.07. The molecule has 1 saturated heterocycles. The van der Waals surface area contributed by atoms with Crippen LogP contribution in [-0.4, -0.2) is 60.8 Å². The number of methoxy groups -OCH3 is 1. The normalized spacial score (nSPS) is 15.6. The zero-order chi connectivity index (χ0) is 28.5. The number of nitrogens with zero attached hydrogens (tertiary/aromatic N) is 3. The van der Waals surface area contributed by atoms with E-state index in [1.54, 1.807) is 0 Å². The lowest BCUT2D eigenvalue weighted by molar-refractivity contribution is -0.137. The van der Waals surface area contributed by atoms with Gasteiger partial charge in [0, 0.05) is 23.3 Å². The molecule has 1 aliphatic heterocycles. The summed E-state index contributed by atoms with van der Waals surface area (Å²) in [4.78, 5) is 5.78. The summed E-state index contributed by atoms with van der Waals surface area (Å²) in [5.74, 6) is -0.0779. The second kappa shape index (κ2) is 11.2. The predicted octanol–water partition coefficient (Wildman–Crippen LogP) is 4.63. The maximum Gasteiger partial charge on any atom is 0.417 e. The number of anilines is 3. The maximum absolute atomic E-state index is 14.2. The first-order valence-corrected chi connectivity index (χ1v) is 13.9. The summed E-state index contributed by atoms with van der Waals surface area (Å²) < 4.78 is 77.4. The highest BCUT2D eigenvalue weighted by Crippen LogP contribution is 2.44. The summed E-state index contributed by atoms with van der Waals surface area (Å²) in [7, 11) is -2.85. The highest BCUT2D eigenvalue weighted by Gasteiger charge is 2.36. The molecule has 0 bridgehead atoms. The number of piperidine rings is 1. The van der Waals surface area contributed by atoms with Crippen LogP contribution in [0, 0.1) is 0 Å². The molecule has 0 spiro atoms. The van der Waals surface area contributed by atoms with Crippen LogP contribution >= 0.6 is 11.6 Å². The van der Waals surface area contributed by atoms with E-state index in [0.29, 0.717) is 18.9 Å². The number of rotatable bonds is 8. The molecule has 10 nitrogen and oxygen atoms in total. The monoisotopic (exact) mass is 587 g/mol. The average molecular weight is 588 g/mol. The van der Waals surface area contributed by atoms with E-state index >= 15 is 0 Å². The zero-order valence-corrected chi connectivity index (χ0v) is 23.0. The minimum Gasteiger partial charge on any atom is -0.495 e. The van der Waals surface area contributed by atoms with Crippen molar-refractivity contribution in [3.63, 3.8) is 0 Å². The zero-order valence-electron chi connectivity index (χ0n) is 21.4. The van der Waals surface area contributed by atoms with Gasteiger partial charge in [-0.1, -0.05) is 17.7 Å². The van der Waals surface area contributed by atoms with Crippen molar-refractivity contribution in [2.24, 2.45) is 0 Å². The summed E-state index contributed by atoms with van der Waals surface area (Å²) in [5.41, 5.74) is 3.93. The van der Waals surface area contributed by atoms with Crippen molar-refractivity contribution in [1.82, 2.24) is 24.8 Å². The van der Waals surface area contributed by atoms with Gasteiger partial charge in [-0.05, 0) is 69.6 Å². The topological polar surface area (TPSA) is 138 Å². The number of alkyl halides is 3. The number of halogens is 4. The third-order valence-corrected chi connectivity index (χ3v) is 8.32. The van der Waals surface area contributed by atoms with Gasteiger partial charge in [0.25, 0.3) is 0 Å². The fourth-order valence-corrected chi connectivity index (χ4v) is 6.34. The summed E-state index contributed by atoms with van der Waals surface area (Å²) in [6.45, 7) is 5.61.